The molecule has 1 aliphatic rings. The minimum absolute atomic E-state index is 0.0581. The number of benzene rings is 1. The van der Waals surface area contributed by atoms with Crippen LogP contribution in [0.15, 0.2) is 35.7 Å². The van der Waals surface area contributed by atoms with Gasteiger partial charge in [0.25, 0.3) is 5.91 Å². The molecule has 6 heteroatoms. The summed E-state index contributed by atoms with van der Waals surface area (Å²) in [7, 11) is 0. The molecule has 3 rings (SSSR count). The van der Waals surface area contributed by atoms with E-state index < -0.39 is 5.97 Å². The number of hydrogen-bond donors (Lipinski definition) is 1. The van der Waals surface area contributed by atoms with Gasteiger partial charge < -0.3 is 10.0 Å². The molecule has 1 aliphatic heterocycles. The number of carbonyl (C=O) groups excluding carboxylic acids is 1. The molecular formula is C17H18N2O3S. The van der Waals surface area contributed by atoms with Crippen LogP contribution in [0.3, 0.4) is 0 Å². The maximum atomic E-state index is 12.5. The number of nitrogens with zero attached hydrogens (tertiary/aromatic N) is 2. The van der Waals surface area contributed by atoms with Gasteiger partial charge in [0.1, 0.15) is 10.7 Å². The number of carboxylic acid groups (broad SMARTS) is 1. The molecule has 1 saturated heterocycles. The van der Waals surface area contributed by atoms with E-state index in [9.17, 15) is 9.59 Å². The van der Waals surface area contributed by atoms with Crippen molar-refractivity contribution < 1.29 is 14.7 Å². The summed E-state index contributed by atoms with van der Waals surface area (Å²) >= 11 is 1.47. The zero-order valence-electron chi connectivity index (χ0n) is 12.6. The molecule has 0 atom stereocenters. The van der Waals surface area contributed by atoms with Crippen LogP contribution in [0.5, 0.6) is 0 Å². The molecule has 1 aromatic heterocycles. The van der Waals surface area contributed by atoms with Crippen molar-refractivity contribution >= 4 is 23.2 Å². The minimum Gasteiger partial charge on any atom is -0.481 e. The number of hydrogen-bond acceptors (Lipinski definition) is 4. The van der Waals surface area contributed by atoms with Crippen LogP contribution in [-0.2, 0) is 4.79 Å². The molecule has 2 heterocycles. The maximum Gasteiger partial charge on any atom is 0.303 e. The number of aliphatic carboxylic acids is 1. The first-order valence-electron chi connectivity index (χ1n) is 7.65. The molecular weight excluding hydrogens is 312 g/mol. The summed E-state index contributed by atoms with van der Waals surface area (Å²) in [6.45, 7) is 1.21. The molecule has 0 aliphatic carbocycles. The predicted molar refractivity (Wildman–Crippen MR) is 88.4 cm³/mol. The first-order valence-corrected chi connectivity index (χ1v) is 8.53. The number of amides is 1. The van der Waals surface area contributed by atoms with Crippen molar-refractivity contribution in [3.63, 3.8) is 0 Å². The number of rotatable bonds is 4. The van der Waals surface area contributed by atoms with Gasteiger partial charge in [-0.05, 0) is 18.8 Å². The molecule has 0 radical (unpaired) electrons. The lowest BCUT2D eigenvalue weighted by molar-refractivity contribution is -0.138. The van der Waals surface area contributed by atoms with E-state index in [1.807, 2.05) is 30.3 Å². The summed E-state index contributed by atoms with van der Waals surface area (Å²) in [5.41, 5.74) is 1.49. The third-order valence-corrected chi connectivity index (χ3v) is 5.00. The molecule has 120 valence electrons. The highest BCUT2D eigenvalue weighted by Gasteiger charge is 2.26. The SMILES string of the molecule is O=C(O)CC1CCN(C(=O)c2csc(-c3ccccc3)n2)CC1. The van der Waals surface area contributed by atoms with Crippen molar-refractivity contribution in [3.05, 3.63) is 41.4 Å². The van der Waals surface area contributed by atoms with Gasteiger partial charge in [-0.2, -0.15) is 0 Å². The predicted octanol–water partition coefficient (Wildman–Crippen LogP) is 3.14. The second kappa shape index (κ2) is 6.91. The number of carboxylic acids is 1. The lowest BCUT2D eigenvalue weighted by atomic mass is 9.93. The molecule has 1 fully saturated rings. The molecule has 1 amide bonds. The van der Waals surface area contributed by atoms with E-state index in [1.165, 1.54) is 11.3 Å². The van der Waals surface area contributed by atoms with Crippen molar-refractivity contribution in [2.24, 2.45) is 5.92 Å². The highest BCUT2D eigenvalue weighted by atomic mass is 32.1. The minimum atomic E-state index is -0.762. The van der Waals surface area contributed by atoms with Gasteiger partial charge in [-0.15, -0.1) is 11.3 Å². The Balaban J connectivity index is 1.63. The Morgan fingerprint density at radius 1 is 1.22 bits per heavy atom. The van der Waals surface area contributed by atoms with Crippen molar-refractivity contribution in [1.29, 1.82) is 0 Å². The van der Waals surface area contributed by atoms with Gasteiger partial charge in [0.15, 0.2) is 0 Å². The lowest BCUT2D eigenvalue weighted by Crippen LogP contribution is -2.39. The van der Waals surface area contributed by atoms with Gasteiger partial charge >= 0.3 is 5.97 Å². The van der Waals surface area contributed by atoms with Crippen molar-refractivity contribution in [3.8, 4) is 10.6 Å². The monoisotopic (exact) mass is 330 g/mol. The topological polar surface area (TPSA) is 70.5 Å². The van der Waals surface area contributed by atoms with Gasteiger partial charge in [-0.1, -0.05) is 30.3 Å². The summed E-state index contributed by atoms with van der Waals surface area (Å²) in [4.78, 5) is 29.5. The van der Waals surface area contributed by atoms with Gasteiger partial charge in [0, 0.05) is 30.5 Å². The zero-order valence-corrected chi connectivity index (χ0v) is 13.5. The fourth-order valence-electron chi connectivity index (χ4n) is 2.83. The van der Waals surface area contributed by atoms with Crippen LogP contribution in [0.4, 0.5) is 0 Å². The van der Waals surface area contributed by atoms with Gasteiger partial charge in [0.05, 0.1) is 0 Å². The summed E-state index contributed by atoms with van der Waals surface area (Å²) in [6, 6.07) is 9.80. The first-order chi connectivity index (χ1) is 11.1. The largest absolute Gasteiger partial charge is 0.481 e. The van der Waals surface area contributed by atoms with Crippen LogP contribution in [0.25, 0.3) is 10.6 Å². The Kier molecular flexibility index (Phi) is 4.71. The van der Waals surface area contributed by atoms with Crippen LogP contribution in [0.2, 0.25) is 0 Å². The third-order valence-electron chi connectivity index (χ3n) is 4.11. The number of thiazole rings is 1. The average Bonchev–Trinajstić information content (AvgIpc) is 3.05. The first kappa shape index (κ1) is 15.7. The zero-order chi connectivity index (χ0) is 16.2. The summed E-state index contributed by atoms with van der Waals surface area (Å²) in [6.07, 6.45) is 1.68. The highest BCUT2D eigenvalue weighted by Crippen LogP contribution is 2.26. The smallest absolute Gasteiger partial charge is 0.303 e. The second-order valence-corrected chi connectivity index (χ2v) is 6.60. The Morgan fingerprint density at radius 2 is 1.91 bits per heavy atom. The van der Waals surface area contributed by atoms with Gasteiger partial charge in [-0.25, -0.2) is 4.98 Å². The molecule has 1 aromatic carbocycles. The second-order valence-electron chi connectivity index (χ2n) is 5.74. The number of aromatic nitrogens is 1. The van der Waals surface area contributed by atoms with Gasteiger partial charge in [0.2, 0.25) is 0 Å². The molecule has 5 nitrogen and oxygen atoms in total. The van der Waals surface area contributed by atoms with E-state index in [0.717, 1.165) is 23.4 Å². The van der Waals surface area contributed by atoms with E-state index in [2.05, 4.69) is 4.98 Å². The van der Waals surface area contributed by atoms with Gasteiger partial charge in [-0.3, -0.25) is 9.59 Å². The standard InChI is InChI=1S/C17H18N2O3S/c20-15(21)10-12-6-8-19(9-7-12)17(22)14-11-23-16(18-14)13-4-2-1-3-5-13/h1-5,11-12H,6-10H2,(H,20,21). The quantitative estimate of drug-likeness (QED) is 0.935. The average molecular weight is 330 g/mol. The van der Waals surface area contributed by atoms with E-state index in [0.29, 0.717) is 18.8 Å². The van der Waals surface area contributed by atoms with Crippen LogP contribution in [-0.4, -0.2) is 40.0 Å². The van der Waals surface area contributed by atoms with Crippen LogP contribution in [0.1, 0.15) is 29.8 Å². The molecule has 0 unspecified atom stereocenters. The molecule has 1 N–H and O–H groups in total. The lowest BCUT2D eigenvalue weighted by Gasteiger charge is -2.30. The van der Waals surface area contributed by atoms with Crippen LogP contribution in [0, 0.1) is 5.92 Å². The van der Waals surface area contributed by atoms with E-state index in [-0.39, 0.29) is 18.2 Å². The number of likely N-dealkylation sites (tertiary alicyclic amines) is 1. The molecule has 0 saturated carbocycles. The Morgan fingerprint density at radius 3 is 2.57 bits per heavy atom. The van der Waals surface area contributed by atoms with E-state index >= 15 is 0 Å². The van der Waals surface area contributed by atoms with Crippen molar-refractivity contribution in [2.75, 3.05) is 13.1 Å². The third kappa shape index (κ3) is 3.76. The molecule has 23 heavy (non-hydrogen) atoms. The molecule has 0 bridgehead atoms. The van der Waals surface area contributed by atoms with Crippen molar-refractivity contribution in [2.45, 2.75) is 19.3 Å². The van der Waals surface area contributed by atoms with E-state index in [1.54, 1.807) is 10.3 Å². The summed E-state index contributed by atoms with van der Waals surface area (Å²) in [5, 5.41) is 11.5. The normalized spacial score (nSPS) is 15.6. The van der Waals surface area contributed by atoms with Crippen LogP contribution >= 0.6 is 11.3 Å². The Labute approximate surface area is 138 Å². The van der Waals surface area contributed by atoms with Crippen LogP contribution < -0.4 is 0 Å². The Bertz CT molecular complexity index is 691. The summed E-state index contributed by atoms with van der Waals surface area (Å²) < 4.78 is 0. The maximum absolute atomic E-state index is 12.5. The van der Waals surface area contributed by atoms with Crippen molar-refractivity contribution in [1.82, 2.24) is 9.88 Å². The number of piperidine rings is 1. The fraction of sp³-hybridized carbons (Fsp3) is 0.353. The molecule has 2 aromatic rings. The number of carbonyl (C=O) groups is 2. The Hall–Kier alpha value is -2.21. The van der Waals surface area contributed by atoms with E-state index in [4.69, 9.17) is 5.11 Å². The highest BCUT2D eigenvalue weighted by molar-refractivity contribution is 7.13. The molecule has 0 spiro atoms. The fourth-order valence-corrected chi connectivity index (χ4v) is 3.63. The summed E-state index contributed by atoms with van der Waals surface area (Å²) in [5.74, 6) is -0.647.